The first-order valence-electron chi connectivity index (χ1n) is 9.40. The van der Waals surface area contributed by atoms with Gasteiger partial charge >= 0.3 is 22.4 Å². The van der Waals surface area contributed by atoms with Gasteiger partial charge in [-0.1, -0.05) is 83.5 Å². The molecule has 3 aromatic carbocycles. The molecule has 0 aliphatic carbocycles. The quantitative estimate of drug-likeness (QED) is 0.117. The zero-order chi connectivity index (χ0) is 21.4. The minimum absolute atomic E-state index is 0. The van der Waals surface area contributed by atoms with Crippen LogP contribution in [0.5, 0.6) is 0 Å². The summed E-state index contributed by atoms with van der Waals surface area (Å²) < 4.78 is 28.0. The summed E-state index contributed by atoms with van der Waals surface area (Å²) in [5.41, 5.74) is 2.61. The molecule has 5 nitrogen and oxygen atoms in total. The molecule has 3 aromatic rings. The molecule has 164 valence electrons. The van der Waals surface area contributed by atoms with Crippen molar-refractivity contribution in [1.82, 2.24) is 4.31 Å². The largest absolute Gasteiger partial charge is 1.00 e. The molecule has 0 saturated carbocycles. The normalized spacial score (nSPS) is 12.3. The molecule has 0 amide bonds. The Hall–Kier alpha value is -2.48. The van der Waals surface area contributed by atoms with Crippen LogP contribution in [0.4, 0.5) is 0 Å². The molecular weight excluding hydrogens is 593 g/mol. The van der Waals surface area contributed by atoms with E-state index in [4.69, 9.17) is 4.84 Å². The van der Waals surface area contributed by atoms with E-state index in [2.05, 4.69) is 17.8 Å². The van der Waals surface area contributed by atoms with Crippen molar-refractivity contribution in [2.24, 2.45) is 5.16 Å². The van der Waals surface area contributed by atoms with Crippen LogP contribution in [-0.4, -0.2) is 25.2 Å². The van der Waals surface area contributed by atoms with Gasteiger partial charge in [0.15, 0.2) is 0 Å². The molecule has 3 rings (SSSR count). The summed E-state index contributed by atoms with van der Waals surface area (Å²) in [6.45, 7) is 5.63. The Kier molecular flexibility index (Phi) is 9.43. The minimum Gasteiger partial charge on any atom is -0.442 e. The monoisotopic (exact) mass is 616 g/mol. The van der Waals surface area contributed by atoms with Gasteiger partial charge in [-0.2, -0.15) is 4.31 Å². The van der Waals surface area contributed by atoms with E-state index in [1.54, 1.807) is 24.3 Å². The van der Waals surface area contributed by atoms with Crippen LogP contribution in [-0.2, 0) is 43.8 Å². The predicted molar refractivity (Wildman–Crippen MR) is 118 cm³/mol. The van der Waals surface area contributed by atoms with Crippen molar-refractivity contribution in [2.45, 2.75) is 24.6 Å². The number of oxime groups is 1. The number of rotatable bonds is 9. The van der Waals surface area contributed by atoms with E-state index < -0.39 is 16.3 Å². The Bertz CT molecular complexity index is 1090. The second-order valence-corrected chi connectivity index (χ2v) is 8.55. The fourth-order valence-electron chi connectivity index (χ4n) is 2.78. The van der Waals surface area contributed by atoms with Crippen LogP contribution in [0.1, 0.15) is 16.7 Å². The maximum atomic E-state index is 13.4. The van der Waals surface area contributed by atoms with Gasteiger partial charge < -0.3 is 10.9 Å². The summed E-state index contributed by atoms with van der Waals surface area (Å²) in [6.07, 6.45) is 3.07. The van der Waals surface area contributed by atoms with Crippen LogP contribution >= 0.6 is 0 Å². The van der Waals surface area contributed by atoms with Crippen molar-refractivity contribution in [2.75, 3.05) is 0 Å². The number of hydrogen-bond acceptors (Lipinski definition) is 4. The van der Waals surface area contributed by atoms with E-state index in [1.807, 2.05) is 67.6 Å². The minimum atomic E-state index is -3.89. The Morgan fingerprint density at radius 2 is 1.58 bits per heavy atom. The molecule has 0 heterocycles. The van der Waals surface area contributed by atoms with Gasteiger partial charge in [-0.3, -0.25) is 6.58 Å². The Labute approximate surface area is 199 Å². The van der Waals surface area contributed by atoms with Gasteiger partial charge in [-0.05, 0) is 30.2 Å². The van der Waals surface area contributed by atoms with Crippen molar-refractivity contribution in [3.8, 4) is 0 Å². The summed E-state index contributed by atoms with van der Waals surface area (Å²) in [5, 5.41) is 3.96. The molecule has 0 aliphatic rings. The molecule has 7 heteroatoms. The van der Waals surface area contributed by atoms with Crippen molar-refractivity contribution in [3.05, 3.63) is 114 Å². The fourth-order valence-corrected chi connectivity index (χ4v) is 4.22. The Morgan fingerprint density at radius 1 is 1.00 bits per heavy atom. The summed E-state index contributed by atoms with van der Waals surface area (Å²) in [6, 6.07) is 25.3. The average molecular weight is 616 g/mol. The molecule has 0 saturated heterocycles. The van der Waals surface area contributed by atoms with E-state index in [0.717, 1.165) is 16.7 Å². The third-order valence-corrected chi connectivity index (χ3v) is 6.21. The van der Waals surface area contributed by atoms with E-state index in [0.29, 0.717) is 0 Å². The molecule has 1 unspecified atom stereocenters. The van der Waals surface area contributed by atoms with E-state index in [9.17, 15) is 8.42 Å². The van der Waals surface area contributed by atoms with Crippen LogP contribution < -0.4 is 0 Å². The number of hydrogen-bond donors (Lipinski definition) is 0. The van der Waals surface area contributed by atoms with E-state index >= 15 is 0 Å². The standard InChI is InChI=1S/C24H23N2O3S.Au/c1-3-24(29-25-18-21-10-6-4-7-11-21)26(19-22-12-8-5-9-13-22)30(27,28)23-16-14-20(2)15-17-23;/h4-18,24H,1,19H2,2H3;/q-1;+1/b25-18+;. The van der Waals surface area contributed by atoms with Gasteiger partial charge in [-0.25, -0.2) is 8.42 Å². The second-order valence-electron chi connectivity index (χ2n) is 6.66. The third-order valence-electron chi connectivity index (χ3n) is 4.41. The van der Waals surface area contributed by atoms with Crippen LogP contribution in [0.3, 0.4) is 0 Å². The molecule has 0 fully saturated rings. The first kappa shape index (κ1) is 24.8. The van der Waals surface area contributed by atoms with Gasteiger partial charge in [0.2, 0.25) is 10.0 Å². The number of sulfonamides is 1. The SMILES string of the molecule is C=[C-]C(O/N=C/c1ccccc1)N(Cc1ccccc1)S(=O)(=O)c1ccc(C)cc1.[Au+]. The summed E-state index contributed by atoms with van der Waals surface area (Å²) >= 11 is 0. The van der Waals surface area contributed by atoms with Crippen molar-refractivity contribution >= 4 is 16.2 Å². The fraction of sp³-hybridized carbons (Fsp3) is 0.125. The van der Waals surface area contributed by atoms with Crippen LogP contribution in [0.25, 0.3) is 0 Å². The van der Waals surface area contributed by atoms with Crippen LogP contribution in [0.2, 0.25) is 0 Å². The smallest absolute Gasteiger partial charge is 0.442 e. The molecular formula is C24H23AuN2O3S. The van der Waals surface area contributed by atoms with Crippen LogP contribution in [0, 0.1) is 13.0 Å². The van der Waals surface area contributed by atoms with Gasteiger partial charge in [0.25, 0.3) is 0 Å². The zero-order valence-corrected chi connectivity index (χ0v) is 20.0. The molecule has 1 atom stereocenters. The summed E-state index contributed by atoms with van der Waals surface area (Å²) in [7, 11) is -3.89. The van der Waals surface area contributed by atoms with E-state index in [-0.39, 0.29) is 33.8 Å². The molecule has 0 aliphatic heterocycles. The maximum absolute atomic E-state index is 13.4. The zero-order valence-electron chi connectivity index (χ0n) is 17.0. The first-order chi connectivity index (χ1) is 14.5. The molecule has 0 N–H and O–H groups in total. The van der Waals surface area contributed by atoms with Gasteiger partial charge in [0.05, 0.1) is 17.3 Å². The molecule has 0 radical (unpaired) electrons. The number of benzene rings is 3. The topological polar surface area (TPSA) is 59.0 Å². The molecule has 0 aromatic heterocycles. The molecule has 31 heavy (non-hydrogen) atoms. The van der Waals surface area contributed by atoms with Crippen molar-refractivity contribution in [3.63, 3.8) is 0 Å². The number of aryl methyl sites for hydroxylation is 1. The molecule has 0 spiro atoms. The average Bonchev–Trinajstić information content (AvgIpc) is 2.77. The van der Waals surface area contributed by atoms with Crippen molar-refractivity contribution < 1.29 is 35.6 Å². The maximum Gasteiger partial charge on any atom is 1.00 e. The van der Waals surface area contributed by atoms with E-state index in [1.165, 1.54) is 10.5 Å². The summed E-state index contributed by atoms with van der Waals surface area (Å²) in [5.74, 6) is 0. The van der Waals surface area contributed by atoms with Gasteiger partial charge in [-0.15, -0.1) is 0 Å². The molecule has 0 bridgehead atoms. The van der Waals surface area contributed by atoms with Gasteiger partial charge in [0.1, 0.15) is 0 Å². The van der Waals surface area contributed by atoms with Crippen LogP contribution in [0.15, 0.2) is 102 Å². The van der Waals surface area contributed by atoms with Gasteiger partial charge in [0, 0.05) is 6.54 Å². The van der Waals surface area contributed by atoms with Crippen molar-refractivity contribution in [1.29, 1.82) is 0 Å². The first-order valence-corrected chi connectivity index (χ1v) is 10.8. The third kappa shape index (κ3) is 6.75. The Balaban J connectivity index is 0.00000341. The second kappa shape index (κ2) is 11.8. The Morgan fingerprint density at radius 3 is 2.16 bits per heavy atom. The predicted octanol–water partition coefficient (Wildman–Crippen LogP) is 4.55. The summed E-state index contributed by atoms with van der Waals surface area (Å²) in [4.78, 5) is 5.67. The number of nitrogens with zero attached hydrogens (tertiary/aromatic N) is 2.